The Kier molecular flexibility index (Phi) is 3.49. The lowest BCUT2D eigenvalue weighted by Crippen LogP contribution is -2.34. The average molecular weight is 423 g/mol. The van der Waals surface area contributed by atoms with Gasteiger partial charge >= 0.3 is 0 Å². The minimum atomic E-state index is -3.24. The Bertz CT molecular complexity index is 1360. The SMILES string of the molecule is [2H]C([2H])([2H])C(O)(C#Cc1cc2c(cn1)c(C1CCN(C3CC3)CC1)cn2-c1ccnc(N)n1)C([2H])([2H])[2H]. The largest absolute Gasteiger partial charge is 0.378 e. The number of aromatic nitrogens is 4. The fourth-order valence-corrected chi connectivity index (χ4v) is 4.40. The number of hydrogen-bond donors (Lipinski definition) is 2. The van der Waals surface area contributed by atoms with Gasteiger partial charge in [-0.3, -0.25) is 0 Å². The van der Waals surface area contributed by atoms with E-state index in [1.807, 2.05) is 10.8 Å². The highest BCUT2D eigenvalue weighted by atomic mass is 16.3. The maximum Gasteiger partial charge on any atom is 0.221 e. The minimum Gasteiger partial charge on any atom is -0.378 e. The van der Waals surface area contributed by atoms with Gasteiger partial charge < -0.3 is 20.3 Å². The fraction of sp³-hybridized carbons (Fsp3) is 0.458. The average Bonchev–Trinajstić information content (AvgIpc) is 3.62. The molecule has 1 aliphatic heterocycles. The second-order valence-electron chi connectivity index (χ2n) is 8.32. The van der Waals surface area contributed by atoms with E-state index in [1.165, 1.54) is 12.8 Å². The molecule has 3 N–H and O–H groups in total. The molecule has 0 bridgehead atoms. The first kappa shape index (κ1) is 14.2. The Morgan fingerprint density at radius 1 is 1.23 bits per heavy atom. The fourth-order valence-electron chi connectivity index (χ4n) is 4.40. The summed E-state index contributed by atoms with van der Waals surface area (Å²) in [4.78, 5) is 15.3. The van der Waals surface area contributed by atoms with Crippen molar-refractivity contribution in [1.82, 2.24) is 24.4 Å². The Morgan fingerprint density at radius 2 is 2.03 bits per heavy atom. The first-order valence-corrected chi connectivity index (χ1v) is 10.5. The summed E-state index contributed by atoms with van der Waals surface area (Å²) >= 11 is 0. The summed E-state index contributed by atoms with van der Waals surface area (Å²) in [5.74, 6) is 5.55. The highest BCUT2D eigenvalue weighted by Crippen LogP contribution is 2.38. The van der Waals surface area contributed by atoms with Gasteiger partial charge in [-0.05, 0) is 82.0 Å². The Morgan fingerprint density at radius 3 is 2.74 bits per heavy atom. The molecule has 3 aromatic rings. The highest BCUT2D eigenvalue weighted by molar-refractivity contribution is 5.86. The molecule has 0 spiro atoms. The summed E-state index contributed by atoms with van der Waals surface area (Å²) in [7, 11) is 0. The van der Waals surface area contributed by atoms with Gasteiger partial charge in [-0.25, -0.2) is 9.97 Å². The number of piperidine rings is 1. The van der Waals surface area contributed by atoms with Crippen molar-refractivity contribution in [3.63, 3.8) is 0 Å². The van der Waals surface area contributed by atoms with Gasteiger partial charge in [0.15, 0.2) is 0 Å². The number of likely N-dealkylation sites (tertiary alicyclic amines) is 1. The molecule has 7 nitrogen and oxygen atoms in total. The molecule has 0 aromatic carbocycles. The number of aliphatic hydroxyl groups is 1. The zero-order valence-corrected chi connectivity index (χ0v) is 17.0. The topological polar surface area (TPSA) is 93.1 Å². The van der Waals surface area contributed by atoms with E-state index in [0.717, 1.165) is 42.9 Å². The predicted molar refractivity (Wildman–Crippen MR) is 121 cm³/mol. The monoisotopic (exact) mass is 422 g/mol. The zero-order valence-electron chi connectivity index (χ0n) is 23.0. The number of nitrogen functional groups attached to an aromatic ring is 1. The first-order valence-electron chi connectivity index (χ1n) is 13.5. The molecule has 2 fully saturated rings. The molecule has 1 aliphatic carbocycles. The van der Waals surface area contributed by atoms with Crippen molar-refractivity contribution in [3.8, 4) is 17.7 Å². The summed E-state index contributed by atoms with van der Waals surface area (Å²) in [5.41, 5.74) is 4.60. The number of pyridine rings is 1. The minimum absolute atomic E-state index is 0.119. The molecule has 1 saturated carbocycles. The van der Waals surface area contributed by atoms with Gasteiger partial charge in [0.25, 0.3) is 0 Å². The number of hydrogen-bond acceptors (Lipinski definition) is 6. The summed E-state index contributed by atoms with van der Waals surface area (Å²) in [6.07, 6.45) is 9.85. The number of nitrogens with two attached hydrogens (primary N) is 1. The van der Waals surface area contributed by atoms with Crippen LogP contribution in [-0.4, -0.2) is 54.3 Å². The van der Waals surface area contributed by atoms with E-state index in [-0.39, 0.29) is 11.6 Å². The van der Waals surface area contributed by atoms with Gasteiger partial charge in [0, 0.05) is 38.2 Å². The van der Waals surface area contributed by atoms with Crippen molar-refractivity contribution in [2.24, 2.45) is 0 Å². The molecule has 0 atom stereocenters. The van der Waals surface area contributed by atoms with E-state index in [2.05, 4.69) is 31.7 Å². The third kappa shape index (κ3) is 4.27. The second-order valence-corrected chi connectivity index (χ2v) is 8.32. The van der Waals surface area contributed by atoms with Crippen LogP contribution in [0.2, 0.25) is 0 Å². The van der Waals surface area contributed by atoms with Crippen molar-refractivity contribution in [1.29, 1.82) is 0 Å². The molecular weight excluding hydrogens is 388 g/mol. The van der Waals surface area contributed by atoms with Crippen LogP contribution in [0.25, 0.3) is 16.7 Å². The van der Waals surface area contributed by atoms with Crippen molar-refractivity contribution >= 4 is 16.9 Å². The molecule has 1 saturated heterocycles. The Hall–Kier alpha value is -2.95. The van der Waals surface area contributed by atoms with Crippen LogP contribution >= 0.6 is 0 Å². The van der Waals surface area contributed by atoms with Gasteiger partial charge in [0.1, 0.15) is 17.1 Å². The molecule has 4 heterocycles. The lowest BCUT2D eigenvalue weighted by molar-refractivity contribution is 0.143. The summed E-state index contributed by atoms with van der Waals surface area (Å²) < 4.78 is 47.1. The van der Waals surface area contributed by atoms with E-state index in [1.54, 1.807) is 24.5 Å². The lowest BCUT2D eigenvalue weighted by Gasteiger charge is -2.31. The van der Waals surface area contributed by atoms with Gasteiger partial charge in [0.2, 0.25) is 5.95 Å². The lowest BCUT2D eigenvalue weighted by atomic mass is 9.89. The molecule has 3 aromatic heterocycles. The summed E-state index contributed by atoms with van der Waals surface area (Å²) in [6, 6.07) is 4.10. The summed E-state index contributed by atoms with van der Waals surface area (Å²) in [5, 5.41) is 11.4. The quantitative estimate of drug-likeness (QED) is 0.631. The smallest absolute Gasteiger partial charge is 0.221 e. The molecule has 5 rings (SSSR count). The van der Waals surface area contributed by atoms with Gasteiger partial charge in [-0.1, -0.05) is 5.92 Å². The van der Waals surface area contributed by atoms with Crippen LogP contribution in [0, 0.1) is 11.8 Å². The van der Waals surface area contributed by atoms with Crippen molar-refractivity contribution < 1.29 is 13.3 Å². The van der Waals surface area contributed by atoms with E-state index in [4.69, 9.17) is 14.0 Å². The molecular formula is C24H28N6O. The number of anilines is 1. The zero-order chi connectivity index (χ0) is 26.6. The van der Waals surface area contributed by atoms with Crippen LogP contribution < -0.4 is 5.73 Å². The van der Waals surface area contributed by atoms with Crippen LogP contribution in [0.3, 0.4) is 0 Å². The van der Waals surface area contributed by atoms with Gasteiger partial charge in [-0.2, -0.15) is 4.98 Å². The van der Waals surface area contributed by atoms with Crippen LogP contribution in [0.1, 0.15) is 64.8 Å². The third-order valence-corrected chi connectivity index (χ3v) is 6.03. The van der Waals surface area contributed by atoms with E-state index in [9.17, 15) is 5.11 Å². The van der Waals surface area contributed by atoms with E-state index < -0.39 is 19.3 Å². The van der Waals surface area contributed by atoms with Gasteiger partial charge in [-0.15, -0.1) is 0 Å². The number of fused-ring (bicyclic) bond motifs is 1. The predicted octanol–water partition coefficient (Wildman–Crippen LogP) is 2.86. The molecule has 0 radical (unpaired) electrons. The van der Waals surface area contributed by atoms with Crippen molar-refractivity contribution in [2.45, 2.75) is 56.9 Å². The standard InChI is InChI=1S/C24H28N6O/c1-24(2,31)9-5-17-13-21-19(14-27-17)20(15-30(21)22-6-10-26-23(25)28-22)16-7-11-29(12-8-16)18-3-4-18/h6,10,13-16,18,31H,3-4,7-8,11-12H2,1-2H3,(H2,25,26,28)/i1D3,2D3. The Labute approximate surface area is 190 Å². The summed E-state index contributed by atoms with van der Waals surface area (Å²) in [6.45, 7) is -4.39. The Balaban J connectivity index is 1.57. The molecule has 0 amide bonds. The number of rotatable bonds is 3. The first-order chi connectivity index (χ1) is 17.4. The van der Waals surface area contributed by atoms with Crippen LogP contribution in [0.5, 0.6) is 0 Å². The maximum atomic E-state index is 10.5. The highest BCUT2D eigenvalue weighted by Gasteiger charge is 2.33. The second kappa shape index (κ2) is 7.63. The van der Waals surface area contributed by atoms with Crippen LogP contribution in [0.4, 0.5) is 5.95 Å². The van der Waals surface area contributed by atoms with E-state index >= 15 is 0 Å². The van der Waals surface area contributed by atoms with Gasteiger partial charge in [0.05, 0.1) is 5.52 Å². The van der Waals surface area contributed by atoms with Crippen molar-refractivity contribution in [2.75, 3.05) is 18.8 Å². The van der Waals surface area contributed by atoms with Crippen LogP contribution in [0.15, 0.2) is 30.7 Å². The molecule has 31 heavy (non-hydrogen) atoms. The third-order valence-electron chi connectivity index (χ3n) is 6.03. The molecule has 2 aliphatic rings. The molecule has 160 valence electrons. The molecule has 0 unspecified atom stereocenters. The van der Waals surface area contributed by atoms with Crippen molar-refractivity contribution in [3.05, 3.63) is 42.0 Å². The maximum absolute atomic E-state index is 10.5. The normalized spacial score (nSPS) is 21.8. The molecule has 7 heteroatoms. The van der Waals surface area contributed by atoms with E-state index in [0.29, 0.717) is 17.3 Å². The number of nitrogens with zero attached hydrogens (tertiary/aromatic N) is 5. The van der Waals surface area contributed by atoms with Crippen LogP contribution in [-0.2, 0) is 0 Å².